The van der Waals surface area contributed by atoms with Gasteiger partial charge < -0.3 is 19.6 Å². The molecule has 2 amide bonds. The number of rotatable bonds is 7. The molecule has 0 unspecified atom stereocenters. The van der Waals surface area contributed by atoms with Crippen molar-refractivity contribution in [1.82, 2.24) is 9.80 Å². The number of carboxylic acids is 1. The van der Waals surface area contributed by atoms with Crippen molar-refractivity contribution in [1.29, 1.82) is 0 Å². The molecule has 1 N–H and O–H groups in total. The van der Waals surface area contributed by atoms with E-state index in [4.69, 9.17) is 9.84 Å². The van der Waals surface area contributed by atoms with Crippen molar-refractivity contribution in [2.24, 2.45) is 0 Å². The Bertz CT molecular complexity index is 363. The quantitative estimate of drug-likeness (QED) is 0.729. The van der Waals surface area contributed by atoms with Gasteiger partial charge in [-0.05, 0) is 26.7 Å². The maximum Gasteiger partial charge on any atom is 0.320 e. The number of carboxylic acid groups (broad SMARTS) is 1. The van der Waals surface area contributed by atoms with Gasteiger partial charge in [-0.3, -0.25) is 4.79 Å². The fraction of sp³-hybridized carbons (Fsp3) is 0.733. The first-order valence-electron chi connectivity index (χ1n) is 7.45. The number of carbonyl (C=O) groups is 2. The van der Waals surface area contributed by atoms with E-state index in [-0.39, 0.29) is 31.2 Å². The van der Waals surface area contributed by atoms with E-state index in [0.717, 1.165) is 12.8 Å². The molecular formula is C15H26N2O4. The second-order valence-corrected chi connectivity index (χ2v) is 5.52. The van der Waals surface area contributed by atoms with E-state index < -0.39 is 5.97 Å². The summed E-state index contributed by atoms with van der Waals surface area (Å²) in [6, 6.07) is 0.175. The molecule has 0 spiro atoms. The van der Waals surface area contributed by atoms with Crippen LogP contribution in [0.2, 0.25) is 0 Å². The van der Waals surface area contributed by atoms with Gasteiger partial charge in [0.25, 0.3) is 0 Å². The van der Waals surface area contributed by atoms with Gasteiger partial charge in [0.15, 0.2) is 0 Å². The summed E-state index contributed by atoms with van der Waals surface area (Å²) >= 11 is 0. The van der Waals surface area contributed by atoms with Crippen molar-refractivity contribution < 1.29 is 19.4 Å². The second-order valence-electron chi connectivity index (χ2n) is 5.52. The molecule has 1 aliphatic rings. The number of ether oxygens (including phenoxy) is 1. The van der Waals surface area contributed by atoms with Gasteiger partial charge in [0.2, 0.25) is 0 Å². The molecule has 6 nitrogen and oxygen atoms in total. The predicted octanol–water partition coefficient (Wildman–Crippen LogP) is 1.96. The molecule has 0 aliphatic carbocycles. The molecule has 0 saturated carbocycles. The topological polar surface area (TPSA) is 70.1 Å². The van der Waals surface area contributed by atoms with E-state index in [0.29, 0.717) is 19.6 Å². The Morgan fingerprint density at radius 1 is 1.43 bits per heavy atom. The van der Waals surface area contributed by atoms with Crippen LogP contribution in [-0.2, 0) is 9.53 Å². The molecule has 120 valence electrons. The Labute approximate surface area is 126 Å². The van der Waals surface area contributed by atoms with Crippen LogP contribution in [0.1, 0.15) is 33.1 Å². The molecule has 0 bridgehead atoms. The van der Waals surface area contributed by atoms with Crippen LogP contribution in [0.3, 0.4) is 0 Å². The number of likely N-dealkylation sites (tertiary alicyclic amines) is 1. The van der Waals surface area contributed by atoms with E-state index in [1.165, 1.54) is 0 Å². The van der Waals surface area contributed by atoms with Gasteiger partial charge in [-0.25, -0.2) is 4.79 Å². The van der Waals surface area contributed by atoms with Gasteiger partial charge in [-0.1, -0.05) is 6.08 Å². The molecule has 1 saturated heterocycles. The molecule has 1 fully saturated rings. The third-order valence-electron chi connectivity index (χ3n) is 3.58. The maximum absolute atomic E-state index is 12.4. The highest BCUT2D eigenvalue weighted by Gasteiger charge is 2.27. The van der Waals surface area contributed by atoms with E-state index in [9.17, 15) is 9.59 Å². The van der Waals surface area contributed by atoms with Crippen molar-refractivity contribution in [3.63, 3.8) is 0 Å². The lowest BCUT2D eigenvalue weighted by Crippen LogP contribution is -2.50. The highest BCUT2D eigenvalue weighted by Crippen LogP contribution is 2.16. The summed E-state index contributed by atoms with van der Waals surface area (Å²) < 4.78 is 5.53. The number of carbonyl (C=O) groups excluding carboxylic acids is 1. The van der Waals surface area contributed by atoms with Crippen LogP contribution in [0, 0.1) is 0 Å². The van der Waals surface area contributed by atoms with Gasteiger partial charge in [0.1, 0.15) is 0 Å². The van der Waals surface area contributed by atoms with Crippen molar-refractivity contribution in [3.05, 3.63) is 12.7 Å². The fourth-order valence-corrected chi connectivity index (χ4v) is 2.36. The van der Waals surface area contributed by atoms with Crippen LogP contribution in [0.5, 0.6) is 0 Å². The number of piperidine rings is 1. The third kappa shape index (κ3) is 5.75. The van der Waals surface area contributed by atoms with Gasteiger partial charge >= 0.3 is 12.0 Å². The smallest absolute Gasteiger partial charge is 0.320 e. The first-order valence-corrected chi connectivity index (χ1v) is 7.45. The SMILES string of the molecule is C=CCN(C(=O)N1CCC(OCCC(=O)O)CC1)C(C)C. The Morgan fingerprint density at radius 2 is 2.05 bits per heavy atom. The van der Waals surface area contributed by atoms with Crippen LogP contribution in [-0.4, -0.2) is 65.3 Å². The van der Waals surface area contributed by atoms with Gasteiger partial charge in [0, 0.05) is 25.7 Å². The zero-order valence-corrected chi connectivity index (χ0v) is 13.0. The second kappa shape index (κ2) is 8.67. The summed E-state index contributed by atoms with van der Waals surface area (Å²) in [5.74, 6) is -0.848. The molecule has 1 aliphatic heterocycles. The minimum absolute atomic E-state index is 0.0274. The van der Waals surface area contributed by atoms with Gasteiger partial charge in [-0.15, -0.1) is 6.58 Å². The summed E-state index contributed by atoms with van der Waals surface area (Å²) in [7, 11) is 0. The van der Waals surface area contributed by atoms with Crippen LogP contribution in [0.4, 0.5) is 4.79 Å². The Kier molecular flexibility index (Phi) is 7.22. The number of urea groups is 1. The van der Waals surface area contributed by atoms with Gasteiger partial charge in [-0.2, -0.15) is 0 Å². The molecule has 21 heavy (non-hydrogen) atoms. The molecule has 0 aromatic rings. The van der Waals surface area contributed by atoms with Crippen molar-refractivity contribution >= 4 is 12.0 Å². The zero-order chi connectivity index (χ0) is 15.8. The highest BCUT2D eigenvalue weighted by atomic mass is 16.5. The molecular weight excluding hydrogens is 272 g/mol. The number of amides is 2. The predicted molar refractivity (Wildman–Crippen MR) is 80.2 cm³/mol. The average Bonchev–Trinajstić information content (AvgIpc) is 2.44. The number of hydrogen-bond donors (Lipinski definition) is 1. The largest absolute Gasteiger partial charge is 0.481 e. The standard InChI is InChI=1S/C15H26N2O4/c1-4-8-17(12(2)3)15(20)16-9-5-13(6-10-16)21-11-7-14(18)19/h4,12-13H,1,5-11H2,2-3H3,(H,18,19). The lowest BCUT2D eigenvalue weighted by molar-refractivity contribution is -0.138. The Morgan fingerprint density at radius 3 is 2.52 bits per heavy atom. The maximum atomic E-state index is 12.4. The molecule has 1 heterocycles. The Balaban J connectivity index is 2.39. The summed E-state index contributed by atoms with van der Waals surface area (Å²) in [5, 5.41) is 8.57. The Hall–Kier alpha value is -1.56. The lowest BCUT2D eigenvalue weighted by Gasteiger charge is -2.37. The van der Waals surface area contributed by atoms with Crippen molar-refractivity contribution in [2.75, 3.05) is 26.2 Å². The lowest BCUT2D eigenvalue weighted by atomic mass is 10.1. The highest BCUT2D eigenvalue weighted by molar-refractivity contribution is 5.75. The van der Waals surface area contributed by atoms with Gasteiger partial charge in [0.05, 0.1) is 19.1 Å². The third-order valence-corrected chi connectivity index (χ3v) is 3.58. The average molecular weight is 298 g/mol. The van der Waals surface area contributed by atoms with Crippen LogP contribution in [0.25, 0.3) is 0 Å². The molecule has 0 atom stereocenters. The minimum Gasteiger partial charge on any atom is -0.481 e. The molecule has 0 aromatic heterocycles. The van der Waals surface area contributed by atoms with E-state index in [1.54, 1.807) is 11.0 Å². The minimum atomic E-state index is -0.848. The van der Waals surface area contributed by atoms with E-state index in [2.05, 4.69) is 6.58 Å². The summed E-state index contributed by atoms with van der Waals surface area (Å²) in [6.45, 7) is 9.75. The molecule has 0 aromatic carbocycles. The number of aliphatic carboxylic acids is 1. The molecule has 1 rings (SSSR count). The first-order chi connectivity index (χ1) is 9.95. The van der Waals surface area contributed by atoms with Crippen molar-refractivity contribution in [2.45, 2.75) is 45.3 Å². The van der Waals surface area contributed by atoms with Crippen LogP contribution < -0.4 is 0 Å². The summed E-state index contributed by atoms with van der Waals surface area (Å²) in [4.78, 5) is 26.5. The van der Waals surface area contributed by atoms with Crippen molar-refractivity contribution in [3.8, 4) is 0 Å². The summed E-state index contributed by atoms with van der Waals surface area (Å²) in [6.07, 6.45) is 3.33. The first kappa shape index (κ1) is 17.5. The monoisotopic (exact) mass is 298 g/mol. The van der Waals surface area contributed by atoms with E-state index >= 15 is 0 Å². The zero-order valence-electron chi connectivity index (χ0n) is 13.0. The van der Waals surface area contributed by atoms with Crippen LogP contribution in [0.15, 0.2) is 12.7 Å². The normalized spacial score (nSPS) is 16.0. The number of nitrogens with zero attached hydrogens (tertiary/aromatic N) is 2. The van der Waals surface area contributed by atoms with Crippen LogP contribution >= 0.6 is 0 Å². The molecule has 6 heteroatoms. The molecule has 0 radical (unpaired) electrons. The van der Waals surface area contributed by atoms with E-state index in [1.807, 2.05) is 18.7 Å². The fourth-order valence-electron chi connectivity index (χ4n) is 2.36. The summed E-state index contributed by atoms with van der Waals surface area (Å²) in [5.41, 5.74) is 0. The number of hydrogen-bond acceptors (Lipinski definition) is 3.